The third-order valence-corrected chi connectivity index (χ3v) is 7.42. The normalized spacial score (nSPS) is 16.4. The maximum Gasteiger partial charge on any atom is 0.243 e. The van der Waals surface area contributed by atoms with Gasteiger partial charge in [0.25, 0.3) is 0 Å². The van der Waals surface area contributed by atoms with Gasteiger partial charge in [0, 0.05) is 43.4 Å². The van der Waals surface area contributed by atoms with Crippen molar-refractivity contribution in [3.05, 3.63) is 54.3 Å². The van der Waals surface area contributed by atoms with E-state index in [0.717, 1.165) is 17.2 Å². The Morgan fingerprint density at radius 3 is 2.22 bits per heavy atom. The highest BCUT2D eigenvalue weighted by molar-refractivity contribution is 7.99. The number of nitrogens with zero attached hydrogens (tertiary/aromatic N) is 2. The molecule has 0 N–H and O–H groups in total. The Bertz CT molecular complexity index is 834. The number of sulfonamides is 1. The van der Waals surface area contributed by atoms with E-state index in [9.17, 15) is 12.8 Å². The second-order valence-corrected chi connectivity index (χ2v) is 9.33. The Balaban J connectivity index is 1.48. The molecule has 0 aliphatic carbocycles. The first-order valence-electron chi connectivity index (χ1n) is 8.74. The molecule has 8 heteroatoms. The van der Waals surface area contributed by atoms with Gasteiger partial charge in [-0.25, -0.2) is 12.8 Å². The summed E-state index contributed by atoms with van der Waals surface area (Å²) in [6.45, 7) is 3.25. The number of hydrogen-bond donors (Lipinski definition) is 0. The number of halogens is 1. The third kappa shape index (κ3) is 5.22. The molecule has 0 atom stereocenters. The van der Waals surface area contributed by atoms with E-state index in [1.54, 1.807) is 59.6 Å². The van der Waals surface area contributed by atoms with E-state index in [1.165, 1.54) is 12.1 Å². The Labute approximate surface area is 164 Å². The lowest BCUT2D eigenvalue weighted by atomic mass is 10.3. The fourth-order valence-electron chi connectivity index (χ4n) is 2.91. The first-order valence-corrected chi connectivity index (χ1v) is 11.2. The SMILES string of the molecule is COc1ccc(S(=O)(=O)N2CCN(CCSc3ccc(F)cc3)CC2)cc1. The quantitative estimate of drug-likeness (QED) is 0.657. The number of benzene rings is 2. The molecule has 0 aromatic heterocycles. The fourth-order valence-corrected chi connectivity index (χ4v) is 5.25. The van der Waals surface area contributed by atoms with Crippen LogP contribution in [0.25, 0.3) is 0 Å². The van der Waals surface area contributed by atoms with E-state index in [2.05, 4.69) is 4.90 Å². The lowest BCUT2D eigenvalue weighted by Crippen LogP contribution is -2.49. The average molecular weight is 411 g/mol. The Kier molecular flexibility index (Phi) is 6.75. The molecule has 0 amide bonds. The second kappa shape index (κ2) is 9.05. The average Bonchev–Trinajstić information content (AvgIpc) is 2.70. The van der Waals surface area contributed by atoms with Gasteiger partial charge in [0.1, 0.15) is 11.6 Å². The van der Waals surface area contributed by atoms with Gasteiger partial charge in [-0.15, -0.1) is 11.8 Å². The van der Waals surface area contributed by atoms with Crippen LogP contribution in [-0.4, -0.2) is 63.2 Å². The van der Waals surface area contributed by atoms with Gasteiger partial charge < -0.3 is 4.74 Å². The molecule has 1 saturated heterocycles. The van der Waals surface area contributed by atoms with Crippen LogP contribution in [0.15, 0.2) is 58.3 Å². The van der Waals surface area contributed by atoms with Crippen LogP contribution in [0.4, 0.5) is 4.39 Å². The fraction of sp³-hybridized carbons (Fsp3) is 0.368. The molecule has 0 bridgehead atoms. The minimum Gasteiger partial charge on any atom is -0.497 e. The summed E-state index contributed by atoms with van der Waals surface area (Å²) in [6, 6.07) is 13.0. The van der Waals surface area contributed by atoms with E-state index in [0.29, 0.717) is 36.8 Å². The van der Waals surface area contributed by atoms with Crippen LogP contribution < -0.4 is 4.74 Å². The van der Waals surface area contributed by atoms with Crippen molar-refractivity contribution >= 4 is 21.8 Å². The Hall–Kier alpha value is -1.61. The lowest BCUT2D eigenvalue weighted by molar-refractivity contribution is 0.197. The molecule has 0 spiro atoms. The molecule has 2 aromatic carbocycles. The molecule has 5 nitrogen and oxygen atoms in total. The van der Waals surface area contributed by atoms with Gasteiger partial charge in [-0.2, -0.15) is 4.31 Å². The van der Waals surface area contributed by atoms with E-state index in [1.807, 2.05) is 0 Å². The van der Waals surface area contributed by atoms with Crippen molar-refractivity contribution < 1.29 is 17.5 Å². The van der Waals surface area contributed by atoms with Crippen LogP contribution in [0.5, 0.6) is 5.75 Å². The predicted octanol–water partition coefficient (Wildman–Crippen LogP) is 2.93. The molecule has 27 heavy (non-hydrogen) atoms. The van der Waals surface area contributed by atoms with Crippen molar-refractivity contribution in [2.45, 2.75) is 9.79 Å². The minimum atomic E-state index is -3.47. The monoisotopic (exact) mass is 410 g/mol. The number of rotatable bonds is 7. The number of piperazine rings is 1. The maximum absolute atomic E-state index is 12.9. The van der Waals surface area contributed by atoms with Crippen molar-refractivity contribution in [2.75, 3.05) is 45.6 Å². The summed E-state index contributed by atoms with van der Waals surface area (Å²) in [5.41, 5.74) is 0. The zero-order valence-electron chi connectivity index (χ0n) is 15.2. The molecule has 0 saturated carbocycles. The van der Waals surface area contributed by atoms with Crippen molar-refractivity contribution in [1.82, 2.24) is 9.21 Å². The van der Waals surface area contributed by atoms with Gasteiger partial charge in [-0.1, -0.05) is 0 Å². The molecule has 1 heterocycles. The number of hydrogen-bond acceptors (Lipinski definition) is 5. The molecule has 1 aliphatic heterocycles. The molecule has 2 aromatic rings. The van der Waals surface area contributed by atoms with Crippen LogP contribution in [0.1, 0.15) is 0 Å². The number of thioether (sulfide) groups is 1. The third-order valence-electron chi connectivity index (χ3n) is 4.52. The summed E-state index contributed by atoms with van der Waals surface area (Å²) in [4.78, 5) is 3.59. The highest BCUT2D eigenvalue weighted by Gasteiger charge is 2.28. The van der Waals surface area contributed by atoms with Crippen molar-refractivity contribution in [2.24, 2.45) is 0 Å². The first-order chi connectivity index (χ1) is 13.0. The van der Waals surface area contributed by atoms with E-state index < -0.39 is 10.0 Å². The van der Waals surface area contributed by atoms with Gasteiger partial charge in [0.05, 0.1) is 12.0 Å². The summed E-state index contributed by atoms with van der Waals surface area (Å²) in [5, 5.41) is 0. The van der Waals surface area contributed by atoms with Gasteiger partial charge >= 0.3 is 0 Å². The van der Waals surface area contributed by atoms with Gasteiger partial charge in [-0.05, 0) is 48.5 Å². The maximum atomic E-state index is 12.9. The smallest absolute Gasteiger partial charge is 0.243 e. The molecule has 1 aliphatic rings. The summed E-state index contributed by atoms with van der Waals surface area (Å²) >= 11 is 1.68. The lowest BCUT2D eigenvalue weighted by Gasteiger charge is -2.33. The Morgan fingerprint density at radius 1 is 1.00 bits per heavy atom. The summed E-state index contributed by atoms with van der Waals surface area (Å²) in [6.07, 6.45) is 0. The molecular weight excluding hydrogens is 387 g/mol. The van der Waals surface area contributed by atoms with E-state index in [-0.39, 0.29) is 5.82 Å². The highest BCUT2D eigenvalue weighted by Crippen LogP contribution is 2.22. The van der Waals surface area contributed by atoms with Gasteiger partial charge in [0.2, 0.25) is 10.0 Å². The van der Waals surface area contributed by atoms with Gasteiger partial charge in [0.15, 0.2) is 0 Å². The van der Waals surface area contributed by atoms with E-state index >= 15 is 0 Å². The predicted molar refractivity (Wildman–Crippen MR) is 105 cm³/mol. The Morgan fingerprint density at radius 2 is 1.63 bits per heavy atom. The highest BCUT2D eigenvalue weighted by atomic mass is 32.2. The number of methoxy groups -OCH3 is 1. The van der Waals surface area contributed by atoms with E-state index in [4.69, 9.17) is 4.74 Å². The van der Waals surface area contributed by atoms with Crippen LogP contribution in [0.2, 0.25) is 0 Å². The van der Waals surface area contributed by atoms with Crippen LogP contribution in [0.3, 0.4) is 0 Å². The minimum absolute atomic E-state index is 0.228. The van der Waals surface area contributed by atoms with Crippen molar-refractivity contribution in [1.29, 1.82) is 0 Å². The van der Waals surface area contributed by atoms with Crippen LogP contribution in [0, 0.1) is 5.82 Å². The van der Waals surface area contributed by atoms with Crippen LogP contribution in [-0.2, 0) is 10.0 Å². The van der Waals surface area contributed by atoms with Crippen molar-refractivity contribution in [3.8, 4) is 5.75 Å². The molecule has 0 radical (unpaired) electrons. The second-order valence-electron chi connectivity index (χ2n) is 6.22. The molecule has 146 valence electrons. The molecule has 3 rings (SSSR count). The summed E-state index contributed by atoms with van der Waals surface area (Å²) in [7, 11) is -1.91. The van der Waals surface area contributed by atoms with Gasteiger partial charge in [-0.3, -0.25) is 4.90 Å². The first kappa shape index (κ1) is 20.1. The van der Waals surface area contributed by atoms with Crippen molar-refractivity contribution in [3.63, 3.8) is 0 Å². The van der Waals surface area contributed by atoms with Crippen LogP contribution >= 0.6 is 11.8 Å². The topological polar surface area (TPSA) is 49.9 Å². The standard InChI is InChI=1S/C19H23FN2O3S2/c1-25-17-4-8-19(9-5-17)27(23,24)22-12-10-21(11-13-22)14-15-26-18-6-2-16(20)3-7-18/h2-9H,10-15H2,1H3. The molecule has 1 fully saturated rings. The summed E-state index contributed by atoms with van der Waals surface area (Å²) in [5.74, 6) is 1.29. The molecular formula is C19H23FN2O3S2. The molecule has 0 unspecified atom stereocenters. The zero-order valence-corrected chi connectivity index (χ0v) is 16.8. The number of ether oxygens (including phenoxy) is 1. The summed E-state index contributed by atoms with van der Waals surface area (Å²) < 4.78 is 45.0. The zero-order chi connectivity index (χ0) is 19.3. The largest absolute Gasteiger partial charge is 0.497 e.